The van der Waals surface area contributed by atoms with Crippen LogP contribution >= 0.6 is 31.9 Å². The second-order valence-corrected chi connectivity index (χ2v) is 5.77. The van der Waals surface area contributed by atoms with Crippen molar-refractivity contribution in [2.75, 3.05) is 0 Å². The third-order valence-electron chi connectivity index (χ3n) is 2.52. The lowest BCUT2D eigenvalue weighted by Gasteiger charge is -2.10. The van der Waals surface area contributed by atoms with E-state index in [4.69, 9.17) is 4.74 Å². The molecule has 2 aromatic rings. The minimum atomic E-state index is -1.07. The summed E-state index contributed by atoms with van der Waals surface area (Å²) in [6, 6.07) is 6.96. The summed E-state index contributed by atoms with van der Waals surface area (Å²) < 4.78 is 33.1. The molecule has 0 aliphatic carbocycles. The van der Waals surface area contributed by atoms with Gasteiger partial charge in [0.25, 0.3) is 0 Å². The Bertz CT molecular complexity index is 687. The van der Waals surface area contributed by atoms with Crippen molar-refractivity contribution in [2.45, 2.75) is 6.92 Å². The largest absolute Gasteiger partial charge is 0.453 e. The van der Waals surface area contributed by atoms with Gasteiger partial charge < -0.3 is 4.74 Å². The Morgan fingerprint density at radius 1 is 1.10 bits per heavy atom. The maximum absolute atomic E-state index is 13.6. The van der Waals surface area contributed by atoms with Gasteiger partial charge in [0.15, 0.2) is 17.3 Å². The van der Waals surface area contributed by atoms with E-state index in [1.54, 1.807) is 12.1 Å². The molecule has 6 heteroatoms. The van der Waals surface area contributed by atoms with Gasteiger partial charge in [0.05, 0.1) is 4.47 Å². The van der Waals surface area contributed by atoms with E-state index in [-0.39, 0.29) is 17.3 Å². The Hall–Kier alpha value is -1.27. The zero-order valence-electron chi connectivity index (χ0n) is 10.2. The second kappa shape index (κ2) is 6.01. The molecule has 0 N–H and O–H groups in total. The standard InChI is InChI=1S/C14H8Br2F2O2/c1-7(19)8-2-3-12(10(16)4-8)20-13-6-9(15)5-11(17)14(13)18/h2-6H,1H3. The summed E-state index contributed by atoms with van der Waals surface area (Å²) in [4.78, 5) is 11.2. The van der Waals surface area contributed by atoms with Gasteiger partial charge in [0.2, 0.25) is 5.82 Å². The monoisotopic (exact) mass is 404 g/mol. The van der Waals surface area contributed by atoms with Crippen molar-refractivity contribution in [3.8, 4) is 11.5 Å². The van der Waals surface area contributed by atoms with Crippen LogP contribution in [0.4, 0.5) is 8.78 Å². The Morgan fingerprint density at radius 2 is 1.80 bits per heavy atom. The van der Waals surface area contributed by atoms with E-state index in [0.29, 0.717) is 14.5 Å². The number of ether oxygens (including phenoxy) is 1. The lowest BCUT2D eigenvalue weighted by atomic mass is 10.1. The van der Waals surface area contributed by atoms with E-state index in [1.807, 2.05) is 0 Å². The maximum Gasteiger partial charge on any atom is 0.201 e. The van der Waals surface area contributed by atoms with Crippen molar-refractivity contribution in [1.29, 1.82) is 0 Å². The van der Waals surface area contributed by atoms with Gasteiger partial charge in [0, 0.05) is 10.0 Å². The molecule has 0 radical (unpaired) electrons. The number of Topliss-reactive ketones (excluding diaryl/α,β-unsaturated/α-hetero) is 1. The number of rotatable bonds is 3. The molecule has 0 amide bonds. The number of carbonyl (C=O) groups is 1. The summed E-state index contributed by atoms with van der Waals surface area (Å²) in [5.74, 6) is -2.14. The molecular formula is C14H8Br2F2O2. The Labute approximate surface area is 131 Å². The average Bonchev–Trinajstić information content (AvgIpc) is 2.37. The Balaban J connectivity index is 2.38. The highest BCUT2D eigenvalue weighted by Crippen LogP contribution is 2.34. The normalized spacial score (nSPS) is 10.4. The first-order valence-electron chi connectivity index (χ1n) is 5.51. The molecule has 2 rings (SSSR count). The lowest BCUT2D eigenvalue weighted by molar-refractivity contribution is 0.101. The van der Waals surface area contributed by atoms with E-state index in [1.165, 1.54) is 19.1 Å². The van der Waals surface area contributed by atoms with E-state index in [2.05, 4.69) is 31.9 Å². The van der Waals surface area contributed by atoms with Gasteiger partial charge in [-0.1, -0.05) is 15.9 Å². The molecule has 0 aromatic heterocycles. The predicted octanol–water partition coefficient (Wildman–Crippen LogP) is 5.48. The third-order valence-corrected chi connectivity index (χ3v) is 3.60. The van der Waals surface area contributed by atoms with Gasteiger partial charge in [-0.25, -0.2) is 4.39 Å². The minimum Gasteiger partial charge on any atom is -0.453 e. The lowest BCUT2D eigenvalue weighted by Crippen LogP contribution is -1.95. The zero-order valence-corrected chi connectivity index (χ0v) is 13.4. The highest BCUT2D eigenvalue weighted by molar-refractivity contribution is 9.10. The Morgan fingerprint density at radius 3 is 2.40 bits per heavy atom. The first-order chi connectivity index (χ1) is 9.38. The molecular weight excluding hydrogens is 398 g/mol. The van der Waals surface area contributed by atoms with Crippen molar-refractivity contribution in [3.05, 3.63) is 56.5 Å². The number of benzene rings is 2. The molecule has 0 bridgehead atoms. The first kappa shape index (κ1) is 15.1. The molecule has 0 aliphatic heterocycles. The van der Waals surface area contributed by atoms with Crippen LogP contribution in [-0.4, -0.2) is 5.78 Å². The molecule has 0 saturated heterocycles. The number of halogens is 4. The highest BCUT2D eigenvalue weighted by Gasteiger charge is 2.14. The third kappa shape index (κ3) is 3.24. The molecule has 0 aliphatic rings. The molecule has 0 spiro atoms. The fraction of sp³-hybridized carbons (Fsp3) is 0.0714. The van der Waals surface area contributed by atoms with Crippen LogP contribution in [0.5, 0.6) is 11.5 Å². The quantitative estimate of drug-likeness (QED) is 0.498. The van der Waals surface area contributed by atoms with Crippen molar-refractivity contribution in [3.63, 3.8) is 0 Å². The van der Waals surface area contributed by atoms with Crippen LogP contribution in [0.25, 0.3) is 0 Å². The fourth-order valence-electron chi connectivity index (χ4n) is 1.53. The topological polar surface area (TPSA) is 26.3 Å². The molecule has 0 atom stereocenters. The fourth-order valence-corrected chi connectivity index (χ4v) is 2.40. The number of hydrogen-bond donors (Lipinski definition) is 0. The van der Waals surface area contributed by atoms with Crippen LogP contribution in [0.1, 0.15) is 17.3 Å². The van der Waals surface area contributed by atoms with Crippen molar-refractivity contribution in [2.24, 2.45) is 0 Å². The van der Waals surface area contributed by atoms with Crippen LogP contribution < -0.4 is 4.74 Å². The summed E-state index contributed by atoms with van der Waals surface area (Å²) in [6.45, 7) is 1.44. The molecule has 0 heterocycles. The first-order valence-corrected chi connectivity index (χ1v) is 7.10. The van der Waals surface area contributed by atoms with Gasteiger partial charge in [-0.05, 0) is 53.2 Å². The van der Waals surface area contributed by atoms with Crippen LogP contribution in [0.3, 0.4) is 0 Å². The van der Waals surface area contributed by atoms with Crippen LogP contribution in [0, 0.1) is 11.6 Å². The molecule has 20 heavy (non-hydrogen) atoms. The Kier molecular flexibility index (Phi) is 4.55. The van der Waals surface area contributed by atoms with Crippen molar-refractivity contribution in [1.82, 2.24) is 0 Å². The van der Waals surface area contributed by atoms with E-state index in [9.17, 15) is 13.6 Å². The van der Waals surface area contributed by atoms with Gasteiger partial charge in [-0.2, -0.15) is 4.39 Å². The number of hydrogen-bond acceptors (Lipinski definition) is 2. The van der Waals surface area contributed by atoms with Gasteiger partial charge in [0.1, 0.15) is 5.75 Å². The molecule has 0 saturated carbocycles. The van der Waals surface area contributed by atoms with E-state index >= 15 is 0 Å². The molecule has 104 valence electrons. The van der Waals surface area contributed by atoms with Crippen molar-refractivity contribution >= 4 is 37.6 Å². The second-order valence-electron chi connectivity index (χ2n) is 4.00. The summed E-state index contributed by atoms with van der Waals surface area (Å²) >= 11 is 6.30. The summed E-state index contributed by atoms with van der Waals surface area (Å²) in [7, 11) is 0. The van der Waals surface area contributed by atoms with Crippen LogP contribution in [0.15, 0.2) is 39.3 Å². The molecule has 2 aromatic carbocycles. The molecule has 0 unspecified atom stereocenters. The van der Waals surface area contributed by atoms with Gasteiger partial charge in [-0.3, -0.25) is 4.79 Å². The molecule has 2 nitrogen and oxygen atoms in total. The minimum absolute atomic E-state index is 0.100. The van der Waals surface area contributed by atoms with Crippen molar-refractivity contribution < 1.29 is 18.3 Å². The highest BCUT2D eigenvalue weighted by atomic mass is 79.9. The average molecular weight is 406 g/mol. The number of ketones is 1. The van der Waals surface area contributed by atoms with E-state index in [0.717, 1.165) is 6.07 Å². The smallest absolute Gasteiger partial charge is 0.201 e. The summed E-state index contributed by atoms with van der Waals surface area (Å²) in [6.07, 6.45) is 0. The van der Waals surface area contributed by atoms with Crippen LogP contribution in [0.2, 0.25) is 0 Å². The maximum atomic E-state index is 13.6. The predicted molar refractivity (Wildman–Crippen MR) is 78.3 cm³/mol. The zero-order chi connectivity index (χ0) is 14.9. The SMILES string of the molecule is CC(=O)c1ccc(Oc2cc(Br)cc(F)c2F)c(Br)c1. The van der Waals surface area contributed by atoms with Crippen LogP contribution in [-0.2, 0) is 0 Å². The van der Waals surface area contributed by atoms with E-state index < -0.39 is 11.6 Å². The molecule has 0 fully saturated rings. The summed E-state index contributed by atoms with van der Waals surface area (Å²) in [5.41, 5.74) is 0.491. The van der Waals surface area contributed by atoms with Gasteiger partial charge in [-0.15, -0.1) is 0 Å². The number of carbonyl (C=O) groups excluding carboxylic acids is 1. The summed E-state index contributed by atoms with van der Waals surface area (Å²) in [5, 5.41) is 0. The van der Waals surface area contributed by atoms with Gasteiger partial charge >= 0.3 is 0 Å².